The molecular formula is C18H20N6O3S2. The number of aromatic amines is 1. The van der Waals surface area contributed by atoms with Crippen molar-refractivity contribution in [2.24, 2.45) is 0 Å². The molecule has 0 saturated heterocycles. The quantitative estimate of drug-likeness (QED) is 0.307. The van der Waals surface area contributed by atoms with Crippen LogP contribution in [0.25, 0.3) is 11.2 Å². The predicted molar refractivity (Wildman–Crippen MR) is 112 cm³/mol. The van der Waals surface area contributed by atoms with Crippen molar-refractivity contribution in [1.82, 2.24) is 19.9 Å². The zero-order valence-electron chi connectivity index (χ0n) is 15.8. The molecule has 0 aliphatic heterocycles. The van der Waals surface area contributed by atoms with Crippen LogP contribution in [0.3, 0.4) is 0 Å². The molecule has 4 rings (SSSR count). The number of carbonyl (C=O) groups is 2. The standard InChI is InChI=1S/C18H20N6O3S2/c1-2-27-17(26)12-9-5-3-4-6-10(9)29-16(12)22-11(25)7-28-18-23-14(19)13-15(24-18)21-8-20-13/h8H,2-7H2,1H3,(H,22,25)(H3,19,20,21,23,24). The summed E-state index contributed by atoms with van der Waals surface area (Å²) in [6, 6.07) is 0. The molecule has 3 aromatic heterocycles. The molecule has 0 spiro atoms. The number of anilines is 2. The van der Waals surface area contributed by atoms with E-state index in [2.05, 4.69) is 25.3 Å². The smallest absolute Gasteiger partial charge is 0.341 e. The lowest BCUT2D eigenvalue weighted by atomic mass is 9.95. The van der Waals surface area contributed by atoms with Gasteiger partial charge < -0.3 is 20.8 Å². The Hall–Kier alpha value is -2.66. The Balaban J connectivity index is 1.49. The van der Waals surface area contributed by atoms with Gasteiger partial charge in [0.25, 0.3) is 0 Å². The zero-order chi connectivity index (χ0) is 20.4. The Morgan fingerprint density at radius 2 is 2.17 bits per heavy atom. The molecule has 0 saturated carbocycles. The minimum Gasteiger partial charge on any atom is -0.462 e. The van der Waals surface area contributed by atoms with Gasteiger partial charge in [-0.05, 0) is 38.2 Å². The first-order valence-corrected chi connectivity index (χ1v) is 11.1. The van der Waals surface area contributed by atoms with Crippen LogP contribution in [0.15, 0.2) is 11.5 Å². The monoisotopic (exact) mass is 432 g/mol. The van der Waals surface area contributed by atoms with Gasteiger partial charge >= 0.3 is 5.97 Å². The van der Waals surface area contributed by atoms with Crippen molar-refractivity contribution in [1.29, 1.82) is 0 Å². The molecule has 3 aromatic rings. The highest BCUT2D eigenvalue weighted by Gasteiger charge is 2.27. The Kier molecular flexibility index (Phi) is 5.67. The van der Waals surface area contributed by atoms with Crippen molar-refractivity contribution in [2.45, 2.75) is 37.8 Å². The number of rotatable bonds is 6. The van der Waals surface area contributed by atoms with E-state index in [0.29, 0.717) is 33.5 Å². The number of nitrogens with zero attached hydrogens (tertiary/aromatic N) is 3. The number of imidazole rings is 1. The summed E-state index contributed by atoms with van der Waals surface area (Å²) >= 11 is 2.62. The largest absolute Gasteiger partial charge is 0.462 e. The maximum atomic E-state index is 12.5. The fourth-order valence-electron chi connectivity index (χ4n) is 3.27. The molecule has 0 atom stereocenters. The minimum atomic E-state index is -0.380. The van der Waals surface area contributed by atoms with Gasteiger partial charge in [-0.25, -0.2) is 19.7 Å². The fourth-order valence-corrected chi connectivity index (χ4v) is 5.21. The molecule has 1 aliphatic carbocycles. The Morgan fingerprint density at radius 3 is 3.00 bits per heavy atom. The molecule has 1 aliphatic rings. The number of nitrogens with two attached hydrogens (primary N) is 1. The van der Waals surface area contributed by atoms with Crippen molar-refractivity contribution < 1.29 is 14.3 Å². The first-order valence-electron chi connectivity index (χ1n) is 9.27. The molecule has 29 heavy (non-hydrogen) atoms. The number of carbonyl (C=O) groups excluding carboxylic acids is 2. The van der Waals surface area contributed by atoms with Crippen molar-refractivity contribution in [2.75, 3.05) is 23.4 Å². The van der Waals surface area contributed by atoms with Gasteiger partial charge in [0.2, 0.25) is 5.91 Å². The van der Waals surface area contributed by atoms with Crippen LogP contribution in [0.4, 0.5) is 10.8 Å². The van der Waals surface area contributed by atoms with Gasteiger partial charge in [0.15, 0.2) is 16.6 Å². The number of amides is 1. The lowest BCUT2D eigenvalue weighted by Gasteiger charge is -2.12. The third-order valence-corrected chi connectivity index (χ3v) is 6.58. The van der Waals surface area contributed by atoms with Crippen LogP contribution in [0, 0.1) is 0 Å². The van der Waals surface area contributed by atoms with Gasteiger partial charge in [-0.1, -0.05) is 11.8 Å². The number of aryl methyl sites for hydroxylation is 1. The van der Waals surface area contributed by atoms with Crippen LogP contribution in [-0.2, 0) is 22.4 Å². The van der Waals surface area contributed by atoms with Crippen molar-refractivity contribution in [3.05, 3.63) is 22.3 Å². The Bertz CT molecular complexity index is 1080. The molecule has 9 nitrogen and oxygen atoms in total. The van der Waals surface area contributed by atoms with E-state index in [4.69, 9.17) is 10.5 Å². The second-order valence-corrected chi connectivity index (χ2v) is 8.51. The number of ether oxygens (including phenoxy) is 1. The predicted octanol–water partition coefficient (Wildman–Crippen LogP) is 2.78. The summed E-state index contributed by atoms with van der Waals surface area (Å²) in [7, 11) is 0. The van der Waals surface area contributed by atoms with Crippen LogP contribution >= 0.6 is 23.1 Å². The molecule has 3 heterocycles. The normalized spacial score (nSPS) is 13.3. The van der Waals surface area contributed by atoms with Crippen LogP contribution in [0.2, 0.25) is 0 Å². The number of H-pyrrole nitrogens is 1. The number of fused-ring (bicyclic) bond motifs is 2. The SMILES string of the molecule is CCOC(=O)c1c(NC(=O)CSc2nc(N)c3[nH]cnc3n2)sc2c1CCCC2. The summed E-state index contributed by atoms with van der Waals surface area (Å²) in [4.78, 5) is 41.6. The van der Waals surface area contributed by atoms with Crippen LogP contribution in [0.1, 0.15) is 40.6 Å². The summed E-state index contributed by atoms with van der Waals surface area (Å²) < 4.78 is 5.22. The number of hydrogen-bond donors (Lipinski definition) is 3. The highest BCUT2D eigenvalue weighted by atomic mass is 32.2. The van der Waals surface area contributed by atoms with E-state index in [1.807, 2.05) is 0 Å². The molecule has 152 valence electrons. The van der Waals surface area contributed by atoms with Gasteiger partial charge in [-0.2, -0.15) is 0 Å². The lowest BCUT2D eigenvalue weighted by Crippen LogP contribution is -2.17. The van der Waals surface area contributed by atoms with Crippen molar-refractivity contribution >= 4 is 57.0 Å². The van der Waals surface area contributed by atoms with E-state index < -0.39 is 0 Å². The summed E-state index contributed by atoms with van der Waals surface area (Å²) in [5.74, 6) is -0.260. The van der Waals surface area contributed by atoms with Gasteiger partial charge in [-0.3, -0.25) is 4.79 Å². The van der Waals surface area contributed by atoms with E-state index in [9.17, 15) is 9.59 Å². The molecule has 0 radical (unpaired) electrons. The molecule has 0 unspecified atom stereocenters. The number of thiophene rings is 1. The zero-order valence-corrected chi connectivity index (χ0v) is 17.4. The summed E-state index contributed by atoms with van der Waals surface area (Å²) in [6.45, 7) is 2.06. The van der Waals surface area contributed by atoms with Gasteiger partial charge in [0, 0.05) is 4.88 Å². The minimum absolute atomic E-state index is 0.0835. The topological polar surface area (TPSA) is 136 Å². The first-order chi connectivity index (χ1) is 14.1. The van der Waals surface area contributed by atoms with Gasteiger partial charge in [0.05, 0.1) is 24.3 Å². The molecule has 0 bridgehead atoms. The van der Waals surface area contributed by atoms with E-state index in [0.717, 1.165) is 47.9 Å². The van der Waals surface area contributed by atoms with Crippen molar-refractivity contribution in [3.8, 4) is 0 Å². The average Bonchev–Trinajstić information content (AvgIpc) is 3.31. The third-order valence-electron chi connectivity index (χ3n) is 4.53. The first kappa shape index (κ1) is 19.6. The summed E-state index contributed by atoms with van der Waals surface area (Å²) in [5, 5.41) is 3.80. The van der Waals surface area contributed by atoms with E-state index in [-0.39, 0.29) is 23.4 Å². The number of nitrogens with one attached hydrogen (secondary N) is 2. The van der Waals surface area contributed by atoms with Gasteiger partial charge in [0.1, 0.15) is 10.5 Å². The van der Waals surface area contributed by atoms with Crippen molar-refractivity contribution in [3.63, 3.8) is 0 Å². The fraction of sp³-hybridized carbons (Fsp3) is 0.389. The molecule has 4 N–H and O–H groups in total. The number of nitrogen functional groups attached to an aromatic ring is 1. The Labute approximate surface area is 174 Å². The highest BCUT2D eigenvalue weighted by Crippen LogP contribution is 2.38. The number of esters is 1. The van der Waals surface area contributed by atoms with Gasteiger partial charge in [-0.15, -0.1) is 11.3 Å². The van der Waals surface area contributed by atoms with Crippen LogP contribution in [-0.4, -0.2) is 44.2 Å². The maximum absolute atomic E-state index is 12.5. The second-order valence-electron chi connectivity index (χ2n) is 6.46. The number of hydrogen-bond acceptors (Lipinski definition) is 9. The number of aromatic nitrogens is 4. The molecule has 11 heteroatoms. The average molecular weight is 433 g/mol. The second kappa shape index (κ2) is 8.37. The third kappa shape index (κ3) is 4.06. The highest BCUT2D eigenvalue weighted by molar-refractivity contribution is 7.99. The molecule has 0 aromatic carbocycles. The molecule has 0 fully saturated rings. The van der Waals surface area contributed by atoms with E-state index in [1.165, 1.54) is 17.7 Å². The molecule has 1 amide bonds. The van der Waals surface area contributed by atoms with E-state index in [1.54, 1.807) is 6.92 Å². The lowest BCUT2D eigenvalue weighted by molar-refractivity contribution is -0.113. The van der Waals surface area contributed by atoms with E-state index >= 15 is 0 Å². The molecular weight excluding hydrogens is 412 g/mol. The number of thioether (sulfide) groups is 1. The van der Waals surface area contributed by atoms with Crippen LogP contribution < -0.4 is 11.1 Å². The maximum Gasteiger partial charge on any atom is 0.341 e. The Morgan fingerprint density at radius 1 is 1.34 bits per heavy atom. The summed E-state index contributed by atoms with van der Waals surface area (Å²) in [5.41, 5.74) is 8.43. The summed E-state index contributed by atoms with van der Waals surface area (Å²) in [6.07, 6.45) is 5.38. The van der Waals surface area contributed by atoms with Crippen LogP contribution in [0.5, 0.6) is 0 Å².